The minimum Gasteiger partial charge on any atom is -0.394 e. The largest absolute Gasteiger partial charge is 0.394 e. The highest BCUT2D eigenvalue weighted by molar-refractivity contribution is 7.90. The number of benzene rings is 1. The predicted molar refractivity (Wildman–Crippen MR) is 64.3 cm³/mol. The van der Waals surface area contributed by atoms with Gasteiger partial charge < -0.3 is 10.4 Å². The molecule has 0 aliphatic heterocycles. The molecule has 1 atom stereocenters. The van der Waals surface area contributed by atoms with E-state index in [1.165, 1.54) is 6.26 Å². The number of anilines is 1. The summed E-state index contributed by atoms with van der Waals surface area (Å²) in [6.07, 6.45) is 1.99. The van der Waals surface area contributed by atoms with Crippen molar-refractivity contribution in [2.45, 2.75) is 24.3 Å². The van der Waals surface area contributed by atoms with Crippen LogP contribution < -0.4 is 5.32 Å². The van der Waals surface area contributed by atoms with Gasteiger partial charge in [-0.05, 0) is 30.7 Å². The van der Waals surface area contributed by atoms with E-state index in [0.29, 0.717) is 4.90 Å². The van der Waals surface area contributed by atoms with Crippen molar-refractivity contribution in [1.29, 1.82) is 0 Å². The monoisotopic (exact) mass is 243 g/mol. The van der Waals surface area contributed by atoms with Gasteiger partial charge in [0.25, 0.3) is 0 Å². The van der Waals surface area contributed by atoms with Crippen molar-refractivity contribution < 1.29 is 13.5 Å². The smallest absolute Gasteiger partial charge is 0.175 e. The van der Waals surface area contributed by atoms with Gasteiger partial charge in [-0.3, -0.25) is 0 Å². The molecular formula is C11H17NO3S. The predicted octanol–water partition coefficient (Wildman–Crippen LogP) is 1.27. The Bertz CT molecular complexity index is 421. The first-order chi connectivity index (χ1) is 7.47. The van der Waals surface area contributed by atoms with Crippen LogP contribution in [0.5, 0.6) is 0 Å². The lowest BCUT2D eigenvalue weighted by atomic mass is 10.2. The van der Waals surface area contributed by atoms with Crippen LogP contribution >= 0.6 is 0 Å². The molecule has 4 nitrogen and oxygen atoms in total. The minimum atomic E-state index is -3.14. The van der Waals surface area contributed by atoms with Crippen molar-refractivity contribution in [3.8, 4) is 0 Å². The average molecular weight is 243 g/mol. The molecule has 0 radical (unpaired) electrons. The van der Waals surface area contributed by atoms with Crippen LogP contribution in [-0.4, -0.2) is 32.4 Å². The second kappa shape index (κ2) is 5.32. The van der Waals surface area contributed by atoms with Crippen LogP contribution in [0, 0.1) is 0 Å². The molecule has 0 spiro atoms. The molecule has 5 heteroatoms. The second-order valence-corrected chi connectivity index (χ2v) is 5.74. The van der Waals surface area contributed by atoms with Crippen LogP contribution in [0.1, 0.15) is 13.3 Å². The summed E-state index contributed by atoms with van der Waals surface area (Å²) in [6, 6.07) is 6.52. The zero-order valence-corrected chi connectivity index (χ0v) is 10.3. The molecule has 0 amide bonds. The Morgan fingerprint density at radius 3 is 2.25 bits per heavy atom. The van der Waals surface area contributed by atoms with Crippen molar-refractivity contribution in [3.05, 3.63) is 24.3 Å². The van der Waals surface area contributed by atoms with Crippen molar-refractivity contribution in [2.75, 3.05) is 18.2 Å². The molecule has 0 aromatic heterocycles. The van der Waals surface area contributed by atoms with Gasteiger partial charge in [0.2, 0.25) is 0 Å². The molecule has 0 heterocycles. The van der Waals surface area contributed by atoms with Crippen molar-refractivity contribution >= 4 is 15.5 Å². The average Bonchev–Trinajstić information content (AvgIpc) is 2.25. The Morgan fingerprint density at radius 1 is 1.31 bits per heavy atom. The van der Waals surface area contributed by atoms with Crippen molar-refractivity contribution in [3.63, 3.8) is 0 Å². The Balaban J connectivity index is 2.80. The normalized spacial score (nSPS) is 13.4. The van der Waals surface area contributed by atoms with Crippen molar-refractivity contribution in [1.82, 2.24) is 0 Å². The molecule has 90 valence electrons. The van der Waals surface area contributed by atoms with E-state index >= 15 is 0 Å². The molecule has 0 fully saturated rings. The Morgan fingerprint density at radius 2 is 1.88 bits per heavy atom. The third kappa shape index (κ3) is 3.50. The number of hydrogen-bond acceptors (Lipinski definition) is 4. The lowest BCUT2D eigenvalue weighted by Crippen LogP contribution is -2.22. The summed E-state index contributed by atoms with van der Waals surface area (Å²) >= 11 is 0. The summed E-state index contributed by atoms with van der Waals surface area (Å²) in [5.41, 5.74) is 0.813. The van der Waals surface area contributed by atoms with Crippen LogP contribution in [0.25, 0.3) is 0 Å². The summed E-state index contributed by atoms with van der Waals surface area (Å²) in [7, 11) is -3.14. The highest BCUT2D eigenvalue weighted by Gasteiger charge is 2.07. The quantitative estimate of drug-likeness (QED) is 0.817. The molecule has 0 aliphatic rings. The molecule has 0 aliphatic carbocycles. The van der Waals surface area contributed by atoms with Crippen LogP contribution in [-0.2, 0) is 9.84 Å². The number of hydrogen-bond donors (Lipinski definition) is 2. The van der Waals surface area contributed by atoms with Gasteiger partial charge in [0.05, 0.1) is 11.5 Å². The third-order valence-electron chi connectivity index (χ3n) is 2.37. The van der Waals surface area contributed by atoms with Crippen LogP contribution in [0.4, 0.5) is 5.69 Å². The van der Waals surface area contributed by atoms with E-state index < -0.39 is 9.84 Å². The van der Waals surface area contributed by atoms with Gasteiger partial charge in [-0.2, -0.15) is 0 Å². The molecule has 16 heavy (non-hydrogen) atoms. The van der Waals surface area contributed by atoms with Gasteiger partial charge in [-0.25, -0.2) is 8.42 Å². The van der Waals surface area contributed by atoms with Crippen LogP contribution in [0.15, 0.2) is 29.2 Å². The maximum atomic E-state index is 11.2. The van der Waals surface area contributed by atoms with E-state index in [1.807, 2.05) is 6.92 Å². The van der Waals surface area contributed by atoms with E-state index in [-0.39, 0.29) is 12.6 Å². The van der Waals surface area contributed by atoms with Crippen LogP contribution in [0.2, 0.25) is 0 Å². The zero-order valence-electron chi connectivity index (χ0n) is 9.47. The van der Waals surface area contributed by atoms with E-state index in [4.69, 9.17) is 5.11 Å². The first-order valence-electron chi connectivity index (χ1n) is 5.15. The maximum absolute atomic E-state index is 11.2. The third-order valence-corrected chi connectivity index (χ3v) is 3.49. The molecule has 1 rings (SSSR count). The Labute approximate surface area is 96.2 Å². The summed E-state index contributed by atoms with van der Waals surface area (Å²) < 4.78 is 22.4. The van der Waals surface area contributed by atoms with E-state index in [9.17, 15) is 8.42 Å². The fourth-order valence-electron chi connectivity index (χ4n) is 1.31. The zero-order chi connectivity index (χ0) is 12.2. The lowest BCUT2D eigenvalue weighted by molar-refractivity contribution is 0.272. The topological polar surface area (TPSA) is 66.4 Å². The van der Waals surface area contributed by atoms with Crippen LogP contribution in [0.3, 0.4) is 0 Å². The van der Waals surface area contributed by atoms with Gasteiger partial charge in [0.1, 0.15) is 0 Å². The van der Waals surface area contributed by atoms with Gasteiger partial charge in [0, 0.05) is 18.0 Å². The first kappa shape index (κ1) is 13.0. The minimum absolute atomic E-state index is 0.00378. The number of nitrogens with one attached hydrogen (secondary N) is 1. The van der Waals surface area contributed by atoms with E-state index in [2.05, 4.69) is 5.32 Å². The summed E-state index contributed by atoms with van der Waals surface area (Å²) in [5, 5.41) is 12.1. The Kier molecular flexibility index (Phi) is 4.32. The molecular weight excluding hydrogens is 226 g/mol. The highest BCUT2D eigenvalue weighted by Crippen LogP contribution is 2.15. The fraction of sp³-hybridized carbons (Fsp3) is 0.455. The number of aliphatic hydroxyl groups excluding tert-OH is 1. The van der Waals surface area contributed by atoms with Gasteiger partial charge in [-0.1, -0.05) is 6.92 Å². The second-order valence-electron chi connectivity index (χ2n) is 3.73. The maximum Gasteiger partial charge on any atom is 0.175 e. The molecule has 0 unspecified atom stereocenters. The number of rotatable bonds is 5. The van der Waals surface area contributed by atoms with E-state index in [0.717, 1.165) is 12.1 Å². The SMILES string of the molecule is CC[C@@H](CO)Nc1ccc(S(C)(=O)=O)cc1. The molecule has 1 aromatic carbocycles. The molecule has 0 saturated carbocycles. The first-order valence-corrected chi connectivity index (χ1v) is 7.04. The van der Waals surface area contributed by atoms with E-state index in [1.54, 1.807) is 24.3 Å². The van der Waals surface area contributed by atoms with Crippen molar-refractivity contribution in [2.24, 2.45) is 0 Å². The fourth-order valence-corrected chi connectivity index (χ4v) is 1.94. The standard InChI is InChI=1S/C11H17NO3S/c1-3-9(8-13)12-10-4-6-11(7-5-10)16(2,14)15/h4-7,9,12-13H,3,8H2,1-2H3/t9-/m0/s1. The molecule has 2 N–H and O–H groups in total. The summed E-state index contributed by atoms with van der Waals surface area (Å²) in [4.78, 5) is 0.301. The van der Waals surface area contributed by atoms with Gasteiger partial charge in [0.15, 0.2) is 9.84 Å². The van der Waals surface area contributed by atoms with Gasteiger partial charge in [-0.15, -0.1) is 0 Å². The Hall–Kier alpha value is -1.07. The number of sulfone groups is 1. The van der Waals surface area contributed by atoms with Gasteiger partial charge >= 0.3 is 0 Å². The molecule has 0 bridgehead atoms. The summed E-state index contributed by atoms with van der Waals surface area (Å²) in [5.74, 6) is 0. The number of aliphatic hydroxyl groups is 1. The molecule has 1 aromatic rings. The highest BCUT2D eigenvalue weighted by atomic mass is 32.2. The lowest BCUT2D eigenvalue weighted by Gasteiger charge is -2.15. The molecule has 0 saturated heterocycles. The summed E-state index contributed by atoms with van der Waals surface area (Å²) in [6.45, 7) is 2.03.